The number of ether oxygens (including phenoxy) is 1. The van der Waals surface area contributed by atoms with E-state index in [9.17, 15) is 0 Å². The molecule has 3 nitrogen and oxygen atoms in total. The van der Waals surface area contributed by atoms with Crippen LogP contribution >= 0.6 is 0 Å². The third-order valence-corrected chi connectivity index (χ3v) is 3.89. The predicted molar refractivity (Wildman–Crippen MR) is 77.4 cm³/mol. The van der Waals surface area contributed by atoms with Gasteiger partial charge >= 0.3 is 0 Å². The molecule has 3 rings (SSSR count). The molecule has 0 radical (unpaired) electrons. The Labute approximate surface area is 114 Å². The van der Waals surface area contributed by atoms with Crippen LogP contribution in [0.1, 0.15) is 24.8 Å². The van der Waals surface area contributed by atoms with Crippen LogP contribution in [0.25, 0.3) is 10.9 Å². The van der Waals surface area contributed by atoms with Crippen LogP contribution in [0.15, 0.2) is 30.5 Å². The number of hydrogen-bond acceptors (Lipinski definition) is 3. The SMILES string of the molecule is COc1ccc(CN2CCCCC2)c2cccnc12. The van der Waals surface area contributed by atoms with Crippen molar-refractivity contribution in [2.75, 3.05) is 20.2 Å². The third-order valence-electron chi connectivity index (χ3n) is 3.89. The number of benzene rings is 1. The first-order valence-electron chi connectivity index (χ1n) is 7.01. The molecule has 0 amide bonds. The summed E-state index contributed by atoms with van der Waals surface area (Å²) in [6.45, 7) is 3.45. The van der Waals surface area contributed by atoms with Crippen molar-refractivity contribution >= 4 is 10.9 Å². The standard InChI is InChI=1S/C16H20N2O/c1-19-15-8-7-13(12-18-10-3-2-4-11-18)14-6-5-9-17-16(14)15/h5-9H,2-4,10-12H2,1H3. The van der Waals surface area contributed by atoms with Gasteiger partial charge in [0, 0.05) is 18.1 Å². The second-order valence-electron chi connectivity index (χ2n) is 5.16. The van der Waals surface area contributed by atoms with Crippen molar-refractivity contribution in [3.05, 3.63) is 36.0 Å². The van der Waals surface area contributed by atoms with Crippen molar-refractivity contribution in [3.63, 3.8) is 0 Å². The Morgan fingerprint density at radius 1 is 1.16 bits per heavy atom. The molecule has 1 aromatic heterocycles. The van der Waals surface area contributed by atoms with Gasteiger partial charge in [-0.1, -0.05) is 18.6 Å². The fourth-order valence-electron chi connectivity index (χ4n) is 2.87. The highest BCUT2D eigenvalue weighted by atomic mass is 16.5. The van der Waals surface area contributed by atoms with Crippen molar-refractivity contribution in [1.29, 1.82) is 0 Å². The second-order valence-corrected chi connectivity index (χ2v) is 5.16. The molecule has 1 aromatic carbocycles. The molecule has 0 atom stereocenters. The van der Waals surface area contributed by atoms with Gasteiger partial charge in [-0.25, -0.2) is 0 Å². The lowest BCUT2D eigenvalue weighted by Crippen LogP contribution is -2.29. The molecule has 0 aliphatic carbocycles. The zero-order valence-electron chi connectivity index (χ0n) is 11.4. The molecule has 0 spiro atoms. The van der Waals surface area contributed by atoms with Crippen molar-refractivity contribution < 1.29 is 4.74 Å². The van der Waals surface area contributed by atoms with E-state index in [1.54, 1.807) is 7.11 Å². The normalized spacial score (nSPS) is 16.7. The molecule has 1 fully saturated rings. The Balaban J connectivity index is 1.94. The number of aromatic nitrogens is 1. The number of rotatable bonds is 3. The summed E-state index contributed by atoms with van der Waals surface area (Å²) in [4.78, 5) is 7.00. The van der Waals surface area contributed by atoms with Crippen molar-refractivity contribution in [3.8, 4) is 5.75 Å². The average Bonchev–Trinajstić information content (AvgIpc) is 2.49. The van der Waals surface area contributed by atoms with Gasteiger partial charge < -0.3 is 4.74 Å². The second kappa shape index (κ2) is 5.57. The average molecular weight is 256 g/mol. The highest BCUT2D eigenvalue weighted by molar-refractivity contribution is 5.87. The van der Waals surface area contributed by atoms with E-state index in [2.05, 4.69) is 22.0 Å². The van der Waals surface area contributed by atoms with Gasteiger partial charge in [0.25, 0.3) is 0 Å². The lowest BCUT2D eigenvalue weighted by molar-refractivity contribution is 0.221. The molecular weight excluding hydrogens is 236 g/mol. The Bertz CT molecular complexity index is 562. The van der Waals surface area contributed by atoms with Crippen molar-refractivity contribution in [1.82, 2.24) is 9.88 Å². The Kier molecular flexibility index (Phi) is 3.65. The van der Waals surface area contributed by atoms with E-state index >= 15 is 0 Å². The Morgan fingerprint density at radius 3 is 2.79 bits per heavy atom. The first-order chi connectivity index (χ1) is 9.38. The van der Waals surface area contributed by atoms with E-state index in [-0.39, 0.29) is 0 Å². The lowest BCUT2D eigenvalue weighted by Gasteiger charge is -2.27. The number of likely N-dealkylation sites (tertiary alicyclic amines) is 1. The lowest BCUT2D eigenvalue weighted by atomic mass is 10.1. The first-order valence-corrected chi connectivity index (χ1v) is 7.01. The number of hydrogen-bond donors (Lipinski definition) is 0. The maximum Gasteiger partial charge on any atom is 0.145 e. The summed E-state index contributed by atoms with van der Waals surface area (Å²) in [6.07, 6.45) is 5.86. The van der Waals surface area contributed by atoms with Crippen LogP contribution in [0.2, 0.25) is 0 Å². The topological polar surface area (TPSA) is 25.4 Å². The van der Waals surface area contributed by atoms with Crippen LogP contribution < -0.4 is 4.74 Å². The highest BCUT2D eigenvalue weighted by Crippen LogP contribution is 2.27. The number of nitrogens with zero attached hydrogens (tertiary/aromatic N) is 2. The molecule has 3 heteroatoms. The van der Waals surface area contributed by atoms with Gasteiger partial charge in [0.15, 0.2) is 0 Å². The van der Waals surface area contributed by atoms with Gasteiger partial charge in [0.05, 0.1) is 7.11 Å². The molecule has 2 heterocycles. The summed E-state index contributed by atoms with van der Waals surface area (Å²) < 4.78 is 5.40. The van der Waals surface area contributed by atoms with Crippen LogP contribution in [0.5, 0.6) is 5.75 Å². The molecule has 0 N–H and O–H groups in total. The molecule has 100 valence electrons. The number of piperidine rings is 1. The summed E-state index contributed by atoms with van der Waals surface area (Å²) in [5, 5.41) is 1.22. The maximum atomic E-state index is 5.40. The summed E-state index contributed by atoms with van der Waals surface area (Å²) in [5.74, 6) is 0.859. The van der Waals surface area contributed by atoms with Crippen LogP contribution in [0.3, 0.4) is 0 Å². The van der Waals surface area contributed by atoms with Gasteiger partial charge in [-0.2, -0.15) is 0 Å². The Morgan fingerprint density at radius 2 is 2.00 bits per heavy atom. The summed E-state index contributed by atoms with van der Waals surface area (Å²) in [5.41, 5.74) is 2.32. The predicted octanol–water partition coefficient (Wildman–Crippen LogP) is 3.23. The van der Waals surface area contributed by atoms with Gasteiger partial charge in [-0.3, -0.25) is 9.88 Å². The smallest absolute Gasteiger partial charge is 0.145 e. The fourth-order valence-corrected chi connectivity index (χ4v) is 2.87. The minimum absolute atomic E-state index is 0.859. The maximum absolute atomic E-state index is 5.40. The molecule has 1 aliphatic heterocycles. The monoisotopic (exact) mass is 256 g/mol. The molecule has 2 aromatic rings. The quantitative estimate of drug-likeness (QED) is 0.843. The molecule has 1 aliphatic rings. The van der Waals surface area contributed by atoms with Crippen LogP contribution in [-0.2, 0) is 6.54 Å². The minimum atomic E-state index is 0.859. The molecule has 1 saturated heterocycles. The molecular formula is C16H20N2O. The molecule has 19 heavy (non-hydrogen) atoms. The van der Waals surface area contributed by atoms with Crippen LogP contribution in [0, 0.1) is 0 Å². The van der Waals surface area contributed by atoms with Gasteiger partial charge in [-0.05, 0) is 43.6 Å². The van der Waals surface area contributed by atoms with Crippen molar-refractivity contribution in [2.45, 2.75) is 25.8 Å². The van der Waals surface area contributed by atoms with E-state index in [1.807, 2.05) is 18.3 Å². The van der Waals surface area contributed by atoms with E-state index < -0.39 is 0 Å². The number of fused-ring (bicyclic) bond motifs is 1. The van der Waals surface area contributed by atoms with E-state index in [0.29, 0.717) is 0 Å². The van der Waals surface area contributed by atoms with E-state index in [1.165, 1.54) is 43.3 Å². The van der Waals surface area contributed by atoms with Gasteiger partial charge in [0.2, 0.25) is 0 Å². The first kappa shape index (κ1) is 12.4. The van der Waals surface area contributed by atoms with E-state index in [4.69, 9.17) is 4.74 Å². The fraction of sp³-hybridized carbons (Fsp3) is 0.438. The molecule has 0 bridgehead atoms. The zero-order valence-corrected chi connectivity index (χ0v) is 11.4. The third kappa shape index (κ3) is 2.56. The van der Waals surface area contributed by atoms with Gasteiger partial charge in [0.1, 0.15) is 11.3 Å². The van der Waals surface area contributed by atoms with Crippen LogP contribution in [0.4, 0.5) is 0 Å². The summed E-state index contributed by atoms with van der Waals surface area (Å²) in [7, 11) is 1.70. The van der Waals surface area contributed by atoms with Crippen LogP contribution in [-0.4, -0.2) is 30.1 Å². The zero-order chi connectivity index (χ0) is 13.1. The highest BCUT2D eigenvalue weighted by Gasteiger charge is 2.13. The molecule has 0 saturated carbocycles. The number of methoxy groups -OCH3 is 1. The summed E-state index contributed by atoms with van der Waals surface area (Å²) in [6, 6.07) is 8.36. The van der Waals surface area contributed by atoms with E-state index in [0.717, 1.165) is 17.8 Å². The molecule has 0 unspecified atom stereocenters. The Hall–Kier alpha value is -1.61. The minimum Gasteiger partial charge on any atom is -0.494 e. The van der Waals surface area contributed by atoms with Gasteiger partial charge in [-0.15, -0.1) is 0 Å². The number of pyridine rings is 1. The van der Waals surface area contributed by atoms with Crippen molar-refractivity contribution in [2.24, 2.45) is 0 Å². The summed E-state index contributed by atoms with van der Waals surface area (Å²) >= 11 is 0. The largest absolute Gasteiger partial charge is 0.494 e.